The van der Waals surface area contributed by atoms with E-state index in [1.165, 1.54) is 0 Å². The van der Waals surface area contributed by atoms with Crippen LogP contribution in [0.15, 0.2) is 6.20 Å². The van der Waals surface area contributed by atoms with Crippen molar-refractivity contribution in [2.24, 2.45) is 0 Å². The van der Waals surface area contributed by atoms with Gasteiger partial charge in [0.15, 0.2) is 0 Å². The summed E-state index contributed by atoms with van der Waals surface area (Å²) in [5.74, 6) is 1.56. The van der Waals surface area contributed by atoms with Crippen molar-refractivity contribution < 1.29 is 0 Å². The third kappa shape index (κ3) is 2.02. The lowest BCUT2D eigenvalue weighted by atomic mass is 10.3. The molecule has 56 valence electrons. The number of anilines is 1. The Labute approximate surface area is 68.2 Å². The van der Waals surface area contributed by atoms with Crippen LogP contribution >= 0.6 is 15.9 Å². The van der Waals surface area contributed by atoms with Gasteiger partial charge in [0.05, 0.1) is 6.20 Å². The molecular weight excluding hydrogens is 194 g/mol. The summed E-state index contributed by atoms with van der Waals surface area (Å²) in [6, 6.07) is 0. The molecule has 0 amide bonds. The number of hydrogen-bond acceptors (Lipinski definition) is 2. The smallest absolute Gasteiger partial charge is 0.120 e. The summed E-state index contributed by atoms with van der Waals surface area (Å²) in [7, 11) is 0. The molecule has 10 heavy (non-hydrogen) atoms. The van der Waals surface area contributed by atoms with Crippen molar-refractivity contribution >= 4 is 21.7 Å². The number of nitrogens with zero attached hydrogens (tertiary/aromatic N) is 1. The van der Waals surface area contributed by atoms with Crippen molar-refractivity contribution in [1.29, 1.82) is 0 Å². The Kier molecular flexibility index (Phi) is 2.32. The molecule has 1 aromatic heterocycles. The number of alkyl halides is 1. The zero-order valence-corrected chi connectivity index (χ0v) is 7.35. The Bertz CT molecular complexity index is 207. The molecular formula is C6H10BrN3. The first kappa shape index (κ1) is 7.60. The maximum absolute atomic E-state index is 5.42. The van der Waals surface area contributed by atoms with Gasteiger partial charge in [0.2, 0.25) is 0 Å². The van der Waals surface area contributed by atoms with Crippen LogP contribution in [0.4, 0.5) is 5.82 Å². The van der Waals surface area contributed by atoms with E-state index in [-0.39, 0.29) is 0 Å². The predicted molar refractivity (Wildman–Crippen MR) is 45.1 cm³/mol. The van der Waals surface area contributed by atoms with Gasteiger partial charge >= 0.3 is 0 Å². The minimum Gasteiger partial charge on any atom is -0.384 e. The quantitative estimate of drug-likeness (QED) is 0.713. The number of rotatable bonds is 2. The zero-order valence-electron chi connectivity index (χ0n) is 5.76. The molecule has 0 fully saturated rings. The monoisotopic (exact) mass is 203 g/mol. The third-order valence-electron chi connectivity index (χ3n) is 1.12. The molecule has 1 atom stereocenters. The first-order valence-electron chi connectivity index (χ1n) is 3.12. The summed E-state index contributed by atoms with van der Waals surface area (Å²) in [5.41, 5.74) is 5.42. The van der Waals surface area contributed by atoms with Gasteiger partial charge in [0, 0.05) is 11.2 Å². The number of aromatic amines is 1. The van der Waals surface area contributed by atoms with Crippen LogP contribution in [0.1, 0.15) is 12.7 Å². The third-order valence-corrected chi connectivity index (χ3v) is 1.45. The van der Waals surface area contributed by atoms with E-state index in [1.807, 2.05) is 0 Å². The van der Waals surface area contributed by atoms with Gasteiger partial charge < -0.3 is 10.7 Å². The van der Waals surface area contributed by atoms with Crippen LogP contribution < -0.4 is 5.73 Å². The number of nitrogens with one attached hydrogen (secondary N) is 1. The van der Waals surface area contributed by atoms with E-state index in [0.29, 0.717) is 10.6 Å². The number of nitrogens with two attached hydrogens (primary N) is 1. The van der Waals surface area contributed by atoms with E-state index in [2.05, 4.69) is 32.8 Å². The fraction of sp³-hybridized carbons (Fsp3) is 0.500. The van der Waals surface area contributed by atoms with Crippen molar-refractivity contribution in [3.05, 3.63) is 12.0 Å². The molecule has 1 aromatic rings. The standard InChI is InChI=1S/C6H10BrN3/c1-4(7)2-6-9-3-5(8)10-6/h3-4H,2,8H2,1H3,(H,9,10). The SMILES string of the molecule is CC(Br)Cc1ncc(N)[nH]1. The van der Waals surface area contributed by atoms with E-state index in [1.54, 1.807) is 6.20 Å². The average Bonchev–Trinajstić information content (AvgIpc) is 2.13. The molecule has 1 rings (SSSR count). The molecule has 1 heterocycles. The minimum atomic E-state index is 0.443. The molecule has 0 saturated heterocycles. The van der Waals surface area contributed by atoms with Crippen molar-refractivity contribution in [3.8, 4) is 0 Å². The Hall–Kier alpha value is -0.510. The second-order valence-corrected chi connectivity index (χ2v) is 3.83. The number of imidazole rings is 1. The van der Waals surface area contributed by atoms with Crippen LogP contribution in [-0.2, 0) is 6.42 Å². The number of hydrogen-bond donors (Lipinski definition) is 2. The lowest BCUT2D eigenvalue weighted by Gasteiger charge is -1.96. The molecule has 3 nitrogen and oxygen atoms in total. The van der Waals surface area contributed by atoms with Crippen LogP contribution in [0.5, 0.6) is 0 Å². The Balaban J connectivity index is 2.58. The van der Waals surface area contributed by atoms with Gasteiger partial charge in [-0.2, -0.15) is 0 Å². The number of aromatic nitrogens is 2. The fourth-order valence-corrected chi connectivity index (χ4v) is 1.06. The zero-order chi connectivity index (χ0) is 7.56. The summed E-state index contributed by atoms with van der Waals surface area (Å²) < 4.78 is 0. The maximum atomic E-state index is 5.42. The van der Waals surface area contributed by atoms with Gasteiger partial charge in [-0.05, 0) is 0 Å². The highest BCUT2D eigenvalue weighted by molar-refractivity contribution is 9.09. The van der Waals surface area contributed by atoms with Gasteiger partial charge in [-0.3, -0.25) is 0 Å². The number of H-pyrrole nitrogens is 1. The van der Waals surface area contributed by atoms with E-state index in [9.17, 15) is 0 Å². The van der Waals surface area contributed by atoms with Crippen LogP contribution in [0.2, 0.25) is 0 Å². The highest BCUT2D eigenvalue weighted by atomic mass is 79.9. The molecule has 0 spiro atoms. The summed E-state index contributed by atoms with van der Waals surface area (Å²) >= 11 is 3.42. The van der Waals surface area contributed by atoms with Gasteiger partial charge in [0.25, 0.3) is 0 Å². The molecule has 0 aromatic carbocycles. The van der Waals surface area contributed by atoms with Crippen molar-refractivity contribution in [2.75, 3.05) is 5.73 Å². The van der Waals surface area contributed by atoms with E-state index < -0.39 is 0 Å². The summed E-state index contributed by atoms with van der Waals surface area (Å²) in [4.78, 5) is 7.43. The highest BCUT2D eigenvalue weighted by Crippen LogP contribution is 2.06. The first-order valence-corrected chi connectivity index (χ1v) is 4.03. The number of nitrogen functional groups attached to an aromatic ring is 1. The second-order valence-electron chi connectivity index (χ2n) is 2.27. The Morgan fingerprint density at radius 2 is 2.60 bits per heavy atom. The maximum Gasteiger partial charge on any atom is 0.120 e. The van der Waals surface area contributed by atoms with E-state index in [0.717, 1.165) is 12.2 Å². The van der Waals surface area contributed by atoms with Gasteiger partial charge in [-0.15, -0.1) is 0 Å². The molecule has 0 aliphatic rings. The van der Waals surface area contributed by atoms with Crippen molar-refractivity contribution in [3.63, 3.8) is 0 Å². The topological polar surface area (TPSA) is 54.7 Å². The minimum absolute atomic E-state index is 0.443. The summed E-state index contributed by atoms with van der Waals surface area (Å²) in [5, 5.41) is 0. The summed E-state index contributed by atoms with van der Waals surface area (Å²) in [6.07, 6.45) is 2.52. The Morgan fingerprint density at radius 3 is 3.00 bits per heavy atom. The lowest BCUT2D eigenvalue weighted by Crippen LogP contribution is -1.98. The predicted octanol–water partition coefficient (Wildman–Crippen LogP) is 1.32. The van der Waals surface area contributed by atoms with Crippen LogP contribution in [0.25, 0.3) is 0 Å². The van der Waals surface area contributed by atoms with Crippen LogP contribution in [0, 0.1) is 0 Å². The molecule has 0 saturated carbocycles. The van der Waals surface area contributed by atoms with Crippen LogP contribution in [0.3, 0.4) is 0 Å². The second kappa shape index (κ2) is 3.05. The van der Waals surface area contributed by atoms with Gasteiger partial charge in [-0.25, -0.2) is 4.98 Å². The van der Waals surface area contributed by atoms with Crippen LogP contribution in [-0.4, -0.2) is 14.8 Å². The molecule has 0 radical (unpaired) electrons. The number of halogens is 1. The largest absolute Gasteiger partial charge is 0.384 e. The first-order chi connectivity index (χ1) is 4.68. The molecule has 4 heteroatoms. The molecule has 0 aliphatic carbocycles. The molecule has 1 unspecified atom stereocenters. The lowest BCUT2D eigenvalue weighted by molar-refractivity contribution is 0.886. The average molecular weight is 204 g/mol. The fourth-order valence-electron chi connectivity index (χ4n) is 0.749. The molecule has 0 bridgehead atoms. The molecule has 0 aliphatic heterocycles. The molecule has 3 N–H and O–H groups in total. The van der Waals surface area contributed by atoms with Gasteiger partial charge in [0.1, 0.15) is 11.6 Å². The van der Waals surface area contributed by atoms with Crippen molar-refractivity contribution in [1.82, 2.24) is 9.97 Å². The van der Waals surface area contributed by atoms with Crippen molar-refractivity contribution in [2.45, 2.75) is 18.2 Å². The summed E-state index contributed by atoms with van der Waals surface area (Å²) in [6.45, 7) is 2.07. The normalized spacial score (nSPS) is 13.4. The highest BCUT2D eigenvalue weighted by Gasteiger charge is 2.00. The van der Waals surface area contributed by atoms with E-state index >= 15 is 0 Å². The van der Waals surface area contributed by atoms with Gasteiger partial charge in [-0.1, -0.05) is 22.9 Å². The van der Waals surface area contributed by atoms with E-state index in [4.69, 9.17) is 5.73 Å². The Morgan fingerprint density at radius 1 is 1.90 bits per heavy atom.